The Bertz CT molecular complexity index is 3040. The third-order valence-electron chi connectivity index (χ3n) is 15.7. The van der Waals surface area contributed by atoms with Crippen molar-refractivity contribution >= 4 is 41.3 Å². The average Bonchev–Trinajstić information content (AvgIpc) is 4.07. The summed E-state index contributed by atoms with van der Waals surface area (Å²) in [5, 5.41) is 15.5. The van der Waals surface area contributed by atoms with E-state index in [9.17, 15) is 29.1 Å². The zero-order valence-electron chi connectivity index (χ0n) is 44.0. The number of aliphatic hydroxyl groups excluding tert-OH is 1. The number of unbranched alkanes of at least 4 members (excludes halogenated alkanes) is 1. The summed E-state index contributed by atoms with van der Waals surface area (Å²) in [7, 11) is 6.32. The van der Waals surface area contributed by atoms with Crippen LogP contribution in [-0.4, -0.2) is 134 Å². The first-order chi connectivity index (χ1) is 37.7. The lowest BCUT2D eigenvalue weighted by molar-refractivity contribution is -0.870. The van der Waals surface area contributed by atoms with Gasteiger partial charge in [0.2, 0.25) is 17.7 Å². The predicted octanol–water partition coefficient (Wildman–Crippen LogP) is 6.31. The largest absolute Gasteiger partial charge is 0.491 e. The Kier molecular flexibility index (Phi) is 15.5. The fourth-order valence-electron chi connectivity index (χ4n) is 12.5. The van der Waals surface area contributed by atoms with Gasteiger partial charge in [-0.15, -0.1) is 0 Å². The molecule has 17 nitrogen and oxygen atoms in total. The highest BCUT2D eigenvalue weighted by Crippen LogP contribution is 2.65. The second-order valence-electron chi connectivity index (χ2n) is 21.5. The molecule has 17 heteroatoms. The first kappa shape index (κ1) is 53.5. The van der Waals surface area contributed by atoms with Crippen molar-refractivity contribution in [1.29, 1.82) is 0 Å². The molecule has 10 atom stereocenters. The molecule has 0 unspecified atom stereocenters. The maximum atomic E-state index is 15.2. The minimum Gasteiger partial charge on any atom is -0.491 e. The van der Waals surface area contributed by atoms with Gasteiger partial charge in [-0.1, -0.05) is 116 Å². The fraction of sp³-hybridized carbons (Fsp3) is 0.377. The molecule has 0 aliphatic carbocycles. The van der Waals surface area contributed by atoms with E-state index in [1.54, 1.807) is 59.5 Å². The number of aliphatic hydroxyl groups is 1. The minimum atomic E-state index is -1.70. The van der Waals surface area contributed by atoms with Crippen LogP contribution in [0.3, 0.4) is 0 Å². The summed E-state index contributed by atoms with van der Waals surface area (Å²) in [6, 6.07) is 34.9. The van der Waals surface area contributed by atoms with Crippen molar-refractivity contribution in [1.82, 2.24) is 15.1 Å². The molecule has 10 rings (SSSR count). The van der Waals surface area contributed by atoms with Crippen LogP contribution in [0.15, 0.2) is 146 Å². The van der Waals surface area contributed by atoms with Gasteiger partial charge in [0.15, 0.2) is 0 Å². The van der Waals surface area contributed by atoms with Crippen LogP contribution in [0.5, 0.6) is 11.5 Å². The van der Waals surface area contributed by atoms with Crippen molar-refractivity contribution in [2.75, 3.05) is 66.0 Å². The number of ether oxygens (including phenoxy) is 5. The Morgan fingerprint density at radius 1 is 0.744 bits per heavy atom. The number of cyclic esters (lactones) is 1. The lowest BCUT2D eigenvalue weighted by Crippen LogP contribution is -2.61. The number of morpholine rings is 1. The van der Waals surface area contributed by atoms with Crippen LogP contribution in [0.4, 0.5) is 5.69 Å². The SMILES string of the molecule is C=CCOC(=O)[C@H]1[C@@H]2C(=O)O[C@@H](c3ccccc3)[C@@H](c3ccccc3)N2[C@@H](c2ccc(OCCOC(=O)[C@H]3C[C@H]4C(=O)N[C@@H](CCCC[N+](C)(C)C)C(=O)N4[C@H]3c3cccc(OCCO)c3)cc2)[C@]12C(=O)Nc1ccccc12. The van der Waals surface area contributed by atoms with E-state index >= 15 is 4.79 Å². The summed E-state index contributed by atoms with van der Waals surface area (Å²) in [4.78, 5) is 90.7. The van der Waals surface area contributed by atoms with E-state index in [-0.39, 0.29) is 51.3 Å². The number of nitrogens with one attached hydrogen (secondary N) is 2. The summed E-state index contributed by atoms with van der Waals surface area (Å²) in [6.45, 7) is 4.11. The molecule has 3 amide bonds. The first-order valence-corrected chi connectivity index (χ1v) is 26.7. The molecule has 78 heavy (non-hydrogen) atoms. The molecule has 0 saturated carbocycles. The van der Waals surface area contributed by atoms with Crippen molar-refractivity contribution < 1.29 is 62.0 Å². The Balaban J connectivity index is 0.926. The van der Waals surface area contributed by atoms with E-state index in [1.807, 2.05) is 83.8 Å². The Hall–Kier alpha value is -7.86. The predicted molar refractivity (Wildman–Crippen MR) is 286 cm³/mol. The Labute approximate surface area is 453 Å². The third kappa shape index (κ3) is 10.1. The second-order valence-corrected chi connectivity index (χ2v) is 21.5. The molecule has 3 N–H and O–H groups in total. The Morgan fingerprint density at radius 3 is 2.15 bits per heavy atom. The molecule has 1 spiro atoms. The number of para-hydroxylation sites is 1. The van der Waals surface area contributed by atoms with Crippen LogP contribution in [-0.2, 0) is 48.4 Å². The number of amides is 3. The zero-order chi connectivity index (χ0) is 54.7. The fourth-order valence-corrected chi connectivity index (χ4v) is 12.5. The number of hydrogen-bond donors (Lipinski definition) is 3. The van der Waals surface area contributed by atoms with Gasteiger partial charge in [-0.2, -0.15) is 0 Å². The normalized spacial score (nSPS) is 26.3. The van der Waals surface area contributed by atoms with Crippen molar-refractivity contribution in [2.24, 2.45) is 11.8 Å². The van der Waals surface area contributed by atoms with Crippen molar-refractivity contribution in [2.45, 2.75) is 73.5 Å². The van der Waals surface area contributed by atoms with Crippen LogP contribution >= 0.6 is 0 Å². The molecule has 4 fully saturated rings. The molecule has 0 bridgehead atoms. The average molecular weight is 1060 g/mol. The molecule has 0 aromatic heterocycles. The van der Waals surface area contributed by atoms with Gasteiger partial charge < -0.3 is 48.8 Å². The number of fused-ring (bicyclic) bond motifs is 4. The second kappa shape index (κ2) is 22.6. The quantitative estimate of drug-likeness (QED) is 0.0258. The van der Waals surface area contributed by atoms with Gasteiger partial charge in [-0.05, 0) is 83.8 Å². The summed E-state index contributed by atoms with van der Waals surface area (Å²) in [6.07, 6.45) is 2.70. The molecule has 5 aliphatic heterocycles. The minimum absolute atomic E-state index is 0.0458. The van der Waals surface area contributed by atoms with E-state index in [0.29, 0.717) is 40.3 Å². The number of esters is 3. The smallest absolute Gasteiger partial charge is 0.325 e. The number of nitrogens with zero attached hydrogens (tertiary/aromatic N) is 3. The third-order valence-corrected chi connectivity index (χ3v) is 15.7. The molecule has 5 aliphatic rings. The molecule has 5 aromatic carbocycles. The first-order valence-electron chi connectivity index (χ1n) is 26.7. The summed E-state index contributed by atoms with van der Waals surface area (Å²) in [5.74, 6) is -4.51. The summed E-state index contributed by atoms with van der Waals surface area (Å²) in [5.41, 5.74) is 2.06. The number of rotatable bonds is 20. The standard InChI is InChI=1S/C61H65N5O12/c1-5-32-76-58(71)49-52-59(72)78-53(39-19-10-7-11-20-39)51(38-17-8-6-9-18-38)65(52)54(61(49)45-23-12-13-24-46(45)63-60(61)73)40-26-28-42(29-27-40)75-34-35-77-57(70)44-37-48-55(68)62-47(25-14-15-30-66(2,3)4)56(69)64(48)50(44)41-21-16-22-43(36-41)74-33-31-67/h5-13,16-24,26-29,36,44,47-54,67H,1,14-15,25,30-35,37H2,2-4H3,(H-,62,63,68,73)/p+1/t44-,47-,48-,49+,50-,51+,52+,53-,54-,61+/m0/s1. The highest BCUT2D eigenvalue weighted by atomic mass is 16.6. The van der Waals surface area contributed by atoms with Gasteiger partial charge in [0, 0.05) is 5.69 Å². The van der Waals surface area contributed by atoms with Crippen LogP contribution in [0.2, 0.25) is 0 Å². The monoisotopic (exact) mass is 1060 g/mol. The van der Waals surface area contributed by atoms with Crippen molar-refractivity contribution in [3.8, 4) is 11.5 Å². The van der Waals surface area contributed by atoms with Crippen molar-refractivity contribution in [3.63, 3.8) is 0 Å². The van der Waals surface area contributed by atoms with E-state index in [1.165, 1.54) is 6.08 Å². The summed E-state index contributed by atoms with van der Waals surface area (Å²) < 4.78 is 30.9. The van der Waals surface area contributed by atoms with Crippen LogP contribution in [0, 0.1) is 11.8 Å². The lowest BCUT2D eigenvalue weighted by atomic mass is 9.65. The number of anilines is 1. The number of carbonyl (C=O) groups excluding carboxylic acids is 6. The highest BCUT2D eigenvalue weighted by Gasteiger charge is 2.74. The van der Waals surface area contributed by atoms with E-state index in [4.69, 9.17) is 23.7 Å². The van der Waals surface area contributed by atoms with Gasteiger partial charge in [0.1, 0.15) is 73.5 Å². The topological polar surface area (TPSA) is 199 Å². The molecule has 5 aromatic rings. The number of benzene rings is 5. The zero-order valence-corrected chi connectivity index (χ0v) is 44.0. The molecule has 5 heterocycles. The maximum absolute atomic E-state index is 15.2. The number of carbonyl (C=O) groups is 6. The van der Waals surface area contributed by atoms with Gasteiger partial charge in [0.25, 0.3) is 0 Å². The number of quaternary nitrogens is 1. The summed E-state index contributed by atoms with van der Waals surface area (Å²) >= 11 is 0. The van der Waals surface area contributed by atoms with E-state index in [2.05, 4.69) is 38.4 Å². The lowest BCUT2D eigenvalue weighted by Gasteiger charge is -2.46. The van der Waals surface area contributed by atoms with Crippen molar-refractivity contribution in [3.05, 3.63) is 174 Å². The van der Waals surface area contributed by atoms with Crippen LogP contribution in [0.25, 0.3) is 0 Å². The number of piperazine rings is 1. The van der Waals surface area contributed by atoms with Crippen LogP contribution in [0.1, 0.15) is 77.7 Å². The van der Waals surface area contributed by atoms with E-state index < -0.39 is 83.4 Å². The van der Waals surface area contributed by atoms with Gasteiger partial charge >= 0.3 is 17.9 Å². The molecular weight excluding hydrogens is 995 g/mol. The molecule has 0 radical (unpaired) electrons. The molecule has 406 valence electrons. The Morgan fingerprint density at radius 2 is 1.44 bits per heavy atom. The number of hydrogen-bond acceptors (Lipinski definition) is 13. The maximum Gasteiger partial charge on any atom is 0.325 e. The molecular formula is C61H66N5O12+. The molecule has 4 saturated heterocycles. The highest BCUT2D eigenvalue weighted by molar-refractivity contribution is 6.11. The van der Waals surface area contributed by atoms with Gasteiger partial charge in [-0.3, -0.25) is 33.7 Å². The van der Waals surface area contributed by atoms with Gasteiger partial charge in [0.05, 0.1) is 58.3 Å². The van der Waals surface area contributed by atoms with E-state index in [0.717, 1.165) is 35.0 Å². The van der Waals surface area contributed by atoms with Gasteiger partial charge in [-0.25, -0.2) is 0 Å². The van der Waals surface area contributed by atoms with Crippen LogP contribution < -0.4 is 20.1 Å².